The predicted molar refractivity (Wildman–Crippen MR) is 65.5 cm³/mol. The average molecular weight is 255 g/mol. The molecule has 2 N–H and O–H groups in total. The van der Waals surface area contributed by atoms with Gasteiger partial charge in [-0.3, -0.25) is 4.79 Å². The molecule has 0 bridgehead atoms. The van der Waals surface area contributed by atoms with Gasteiger partial charge >= 0.3 is 5.97 Å². The Hall–Kier alpha value is -1.22. The molecule has 2 rings (SSSR count). The van der Waals surface area contributed by atoms with Gasteiger partial charge in [0.1, 0.15) is 5.75 Å². The SMILES string of the molecule is O=C(O)C1(c2ccc(Cl)cc2O)CCCCC1. The molecule has 0 heterocycles. The molecule has 0 amide bonds. The molecule has 17 heavy (non-hydrogen) atoms. The minimum absolute atomic E-state index is 0.0122. The Balaban J connectivity index is 2.49. The highest BCUT2D eigenvalue weighted by Crippen LogP contribution is 2.43. The highest BCUT2D eigenvalue weighted by Gasteiger charge is 2.42. The molecule has 0 atom stereocenters. The van der Waals surface area contributed by atoms with Crippen LogP contribution in [0.1, 0.15) is 37.7 Å². The molecule has 1 aromatic rings. The molecule has 1 aliphatic rings. The van der Waals surface area contributed by atoms with Crippen molar-refractivity contribution < 1.29 is 15.0 Å². The summed E-state index contributed by atoms with van der Waals surface area (Å²) >= 11 is 5.77. The van der Waals surface area contributed by atoms with Crippen LogP contribution in [0.2, 0.25) is 5.02 Å². The van der Waals surface area contributed by atoms with E-state index in [1.807, 2.05) is 0 Å². The molecule has 0 radical (unpaired) electrons. The van der Waals surface area contributed by atoms with Crippen LogP contribution < -0.4 is 0 Å². The first kappa shape index (κ1) is 12.2. The van der Waals surface area contributed by atoms with Crippen molar-refractivity contribution in [3.8, 4) is 5.75 Å². The van der Waals surface area contributed by atoms with Crippen LogP contribution in [0.3, 0.4) is 0 Å². The molecular weight excluding hydrogens is 240 g/mol. The molecule has 3 nitrogen and oxygen atoms in total. The zero-order valence-corrected chi connectivity index (χ0v) is 10.2. The maximum atomic E-state index is 11.6. The van der Waals surface area contributed by atoms with Crippen LogP contribution >= 0.6 is 11.6 Å². The number of aliphatic carboxylic acids is 1. The summed E-state index contributed by atoms with van der Waals surface area (Å²) < 4.78 is 0. The summed E-state index contributed by atoms with van der Waals surface area (Å²) in [7, 11) is 0. The number of carboxylic acid groups (broad SMARTS) is 1. The molecule has 0 spiro atoms. The minimum Gasteiger partial charge on any atom is -0.508 e. The number of phenolic OH excluding ortho intramolecular Hbond substituents is 1. The van der Waals surface area contributed by atoms with Crippen LogP contribution in [0.5, 0.6) is 5.75 Å². The first-order chi connectivity index (χ1) is 8.06. The van der Waals surface area contributed by atoms with Crippen molar-refractivity contribution in [2.45, 2.75) is 37.5 Å². The van der Waals surface area contributed by atoms with Crippen LogP contribution in [0, 0.1) is 0 Å². The van der Waals surface area contributed by atoms with Crippen molar-refractivity contribution >= 4 is 17.6 Å². The van der Waals surface area contributed by atoms with Crippen molar-refractivity contribution in [1.82, 2.24) is 0 Å². The Kier molecular flexibility index (Phi) is 3.29. The third kappa shape index (κ3) is 2.12. The van der Waals surface area contributed by atoms with E-state index < -0.39 is 11.4 Å². The van der Waals surface area contributed by atoms with E-state index in [-0.39, 0.29) is 5.75 Å². The van der Waals surface area contributed by atoms with Crippen molar-refractivity contribution in [3.05, 3.63) is 28.8 Å². The number of carboxylic acids is 1. The molecule has 0 aliphatic heterocycles. The standard InChI is InChI=1S/C13H15ClO3/c14-9-4-5-10(11(15)8-9)13(12(16)17)6-2-1-3-7-13/h4-5,8,15H,1-3,6-7H2,(H,16,17). The van der Waals surface area contributed by atoms with Crippen molar-refractivity contribution in [2.24, 2.45) is 0 Å². The van der Waals surface area contributed by atoms with Gasteiger partial charge in [-0.25, -0.2) is 0 Å². The smallest absolute Gasteiger partial charge is 0.314 e. The molecule has 0 aromatic heterocycles. The molecule has 4 heteroatoms. The van der Waals surface area contributed by atoms with Gasteiger partial charge in [-0.1, -0.05) is 36.9 Å². The van der Waals surface area contributed by atoms with E-state index in [9.17, 15) is 15.0 Å². The second-order valence-electron chi connectivity index (χ2n) is 4.61. The Morgan fingerprint density at radius 1 is 1.24 bits per heavy atom. The molecule has 1 saturated carbocycles. The second-order valence-corrected chi connectivity index (χ2v) is 5.05. The van der Waals surface area contributed by atoms with Crippen LogP contribution in [0.15, 0.2) is 18.2 Å². The zero-order valence-electron chi connectivity index (χ0n) is 9.45. The summed E-state index contributed by atoms with van der Waals surface area (Å²) in [6.45, 7) is 0. The molecule has 92 valence electrons. The van der Waals surface area contributed by atoms with Gasteiger partial charge in [0.15, 0.2) is 0 Å². The van der Waals surface area contributed by atoms with Crippen molar-refractivity contribution in [2.75, 3.05) is 0 Å². The number of hydrogen-bond donors (Lipinski definition) is 2. The van der Waals surface area contributed by atoms with Gasteiger partial charge in [-0.15, -0.1) is 0 Å². The van der Waals surface area contributed by atoms with Crippen molar-refractivity contribution in [1.29, 1.82) is 0 Å². The summed E-state index contributed by atoms with van der Waals surface area (Å²) in [6, 6.07) is 4.68. The van der Waals surface area contributed by atoms with Crippen LogP contribution in [-0.4, -0.2) is 16.2 Å². The maximum Gasteiger partial charge on any atom is 0.314 e. The van der Waals surface area contributed by atoms with Gasteiger partial charge in [-0.2, -0.15) is 0 Å². The van der Waals surface area contributed by atoms with Crippen molar-refractivity contribution in [3.63, 3.8) is 0 Å². The quantitative estimate of drug-likeness (QED) is 0.851. The summed E-state index contributed by atoms with van der Waals surface area (Å²) in [5.41, 5.74) is -0.443. The lowest BCUT2D eigenvalue weighted by atomic mass is 9.69. The molecule has 0 unspecified atom stereocenters. The summed E-state index contributed by atoms with van der Waals surface area (Å²) in [5.74, 6) is -0.864. The Morgan fingerprint density at radius 3 is 2.41 bits per heavy atom. The topological polar surface area (TPSA) is 57.5 Å². The fourth-order valence-electron chi connectivity index (χ4n) is 2.66. The largest absolute Gasteiger partial charge is 0.508 e. The summed E-state index contributed by atoms with van der Waals surface area (Å²) in [4.78, 5) is 11.6. The van der Waals surface area contributed by atoms with Gasteiger partial charge in [-0.05, 0) is 25.0 Å². The average Bonchev–Trinajstić information content (AvgIpc) is 2.29. The lowest BCUT2D eigenvalue weighted by molar-refractivity contribution is -0.145. The third-order valence-corrected chi connectivity index (χ3v) is 3.83. The van der Waals surface area contributed by atoms with Crippen LogP contribution in [0.4, 0.5) is 0 Å². The lowest BCUT2D eigenvalue weighted by Gasteiger charge is -2.34. The van der Waals surface area contributed by atoms with Gasteiger partial charge in [0.25, 0.3) is 0 Å². The number of phenols is 1. The number of halogens is 1. The number of aromatic hydroxyl groups is 1. The van der Waals surface area contributed by atoms with Gasteiger partial charge in [0.05, 0.1) is 5.41 Å². The zero-order chi connectivity index (χ0) is 12.5. The third-order valence-electron chi connectivity index (χ3n) is 3.59. The fourth-order valence-corrected chi connectivity index (χ4v) is 2.83. The number of rotatable bonds is 2. The maximum absolute atomic E-state index is 11.6. The first-order valence-electron chi connectivity index (χ1n) is 5.79. The summed E-state index contributed by atoms with van der Waals surface area (Å²) in [5, 5.41) is 19.8. The lowest BCUT2D eigenvalue weighted by Crippen LogP contribution is -2.37. The Labute approximate surface area is 105 Å². The molecule has 0 saturated heterocycles. The van der Waals surface area contributed by atoms with E-state index in [0.29, 0.717) is 23.4 Å². The predicted octanol–water partition coefficient (Wildman–Crippen LogP) is 3.33. The molecule has 1 aliphatic carbocycles. The monoisotopic (exact) mass is 254 g/mol. The highest BCUT2D eigenvalue weighted by atomic mass is 35.5. The van der Waals surface area contributed by atoms with E-state index in [1.165, 1.54) is 6.07 Å². The minimum atomic E-state index is -0.938. The Morgan fingerprint density at radius 2 is 1.88 bits per heavy atom. The first-order valence-corrected chi connectivity index (χ1v) is 6.16. The van der Waals surface area contributed by atoms with Crippen LogP contribution in [0.25, 0.3) is 0 Å². The normalized spacial score (nSPS) is 18.9. The van der Waals surface area contributed by atoms with E-state index >= 15 is 0 Å². The van der Waals surface area contributed by atoms with E-state index in [4.69, 9.17) is 11.6 Å². The number of hydrogen-bond acceptors (Lipinski definition) is 2. The second kappa shape index (κ2) is 4.57. The van der Waals surface area contributed by atoms with Gasteiger partial charge < -0.3 is 10.2 Å². The summed E-state index contributed by atoms with van der Waals surface area (Å²) in [6.07, 6.45) is 3.99. The van der Waals surface area contributed by atoms with E-state index in [0.717, 1.165) is 19.3 Å². The Bertz CT molecular complexity index is 436. The fraction of sp³-hybridized carbons (Fsp3) is 0.462. The molecular formula is C13H15ClO3. The highest BCUT2D eigenvalue weighted by molar-refractivity contribution is 6.30. The van der Waals surface area contributed by atoms with E-state index in [2.05, 4.69) is 0 Å². The van der Waals surface area contributed by atoms with Crippen LogP contribution in [-0.2, 0) is 10.2 Å². The number of benzene rings is 1. The number of carbonyl (C=O) groups is 1. The van der Waals surface area contributed by atoms with E-state index in [1.54, 1.807) is 12.1 Å². The molecule has 1 fully saturated rings. The molecule has 1 aromatic carbocycles. The van der Waals surface area contributed by atoms with Gasteiger partial charge in [0.2, 0.25) is 0 Å². The van der Waals surface area contributed by atoms with Gasteiger partial charge in [0, 0.05) is 10.6 Å².